The predicted octanol–water partition coefficient (Wildman–Crippen LogP) is 1.56. The predicted molar refractivity (Wildman–Crippen MR) is 83.9 cm³/mol. The van der Waals surface area contributed by atoms with Crippen molar-refractivity contribution in [3.05, 3.63) is 28.8 Å². The molecule has 0 bridgehead atoms. The molecule has 1 aliphatic carbocycles. The van der Waals surface area contributed by atoms with Crippen LogP contribution in [0, 0.1) is 0 Å². The summed E-state index contributed by atoms with van der Waals surface area (Å²) in [5.74, 6) is -1.40. The summed E-state index contributed by atoms with van der Waals surface area (Å²) in [5, 5.41) is 12.0. The average molecular weight is 338 g/mol. The highest BCUT2D eigenvalue weighted by molar-refractivity contribution is 6.34. The zero-order valence-electron chi connectivity index (χ0n) is 12.3. The van der Waals surface area contributed by atoms with Gasteiger partial charge in [-0.2, -0.15) is 0 Å². The van der Waals surface area contributed by atoms with E-state index in [-0.39, 0.29) is 24.5 Å². The molecule has 3 amide bonds. The lowest BCUT2D eigenvalue weighted by molar-refractivity contribution is -0.137. The third-order valence-corrected chi connectivity index (χ3v) is 4.21. The van der Waals surface area contributed by atoms with Gasteiger partial charge in [0, 0.05) is 24.7 Å². The topological polar surface area (TPSA) is 89.9 Å². The molecule has 2 aliphatic rings. The Morgan fingerprint density at radius 2 is 2.13 bits per heavy atom. The zero-order chi connectivity index (χ0) is 16.6. The molecule has 0 spiro atoms. The number of carbonyl (C=O) groups is 3. The molecule has 8 heteroatoms. The fraction of sp³-hybridized carbons (Fsp3) is 0.400. The van der Waals surface area contributed by atoms with Gasteiger partial charge in [-0.25, -0.2) is 4.79 Å². The summed E-state index contributed by atoms with van der Waals surface area (Å²) in [7, 11) is 0. The molecular weight excluding hydrogens is 322 g/mol. The second-order valence-electron chi connectivity index (χ2n) is 5.61. The van der Waals surface area contributed by atoms with Crippen molar-refractivity contribution < 1.29 is 19.5 Å². The van der Waals surface area contributed by atoms with Gasteiger partial charge in [0.1, 0.15) is 6.54 Å². The van der Waals surface area contributed by atoms with Crippen LogP contribution in [0.2, 0.25) is 5.02 Å². The highest BCUT2D eigenvalue weighted by Crippen LogP contribution is 2.31. The highest BCUT2D eigenvalue weighted by atomic mass is 35.5. The third kappa shape index (κ3) is 3.24. The lowest BCUT2D eigenvalue weighted by atomic mass is 10.1. The van der Waals surface area contributed by atoms with Crippen molar-refractivity contribution in [1.29, 1.82) is 0 Å². The summed E-state index contributed by atoms with van der Waals surface area (Å²) >= 11 is 6.14. The van der Waals surface area contributed by atoms with Crippen LogP contribution in [-0.4, -0.2) is 53.6 Å². The Kier molecular flexibility index (Phi) is 4.12. The largest absolute Gasteiger partial charge is 0.480 e. The molecule has 2 fully saturated rings. The van der Waals surface area contributed by atoms with E-state index in [0.717, 1.165) is 12.8 Å². The standard InChI is InChI=1S/C15H16ClN3O4/c16-11-4-1-9(7-12(11)18-6-5-17-15(18)23)14(22)19(8-13(20)21)10-2-3-10/h1,4,7,10H,2-3,5-6,8H2,(H,17,23)(H,20,21). The van der Waals surface area contributed by atoms with Crippen molar-refractivity contribution in [2.24, 2.45) is 0 Å². The number of hydrogen-bond acceptors (Lipinski definition) is 3. The van der Waals surface area contributed by atoms with Crippen LogP contribution in [0.25, 0.3) is 0 Å². The number of hydrogen-bond donors (Lipinski definition) is 2. The summed E-state index contributed by atoms with van der Waals surface area (Å²) in [6.07, 6.45) is 1.63. The molecule has 0 atom stereocenters. The maximum absolute atomic E-state index is 12.6. The van der Waals surface area contributed by atoms with Crippen LogP contribution in [0.3, 0.4) is 0 Å². The van der Waals surface area contributed by atoms with Crippen molar-refractivity contribution >= 4 is 35.2 Å². The molecule has 0 radical (unpaired) electrons. The van der Waals surface area contributed by atoms with Crippen molar-refractivity contribution in [1.82, 2.24) is 10.2 Å². The summed E-state index contributed by atoms with van der Waals surface area (Å²) in [4.78, 5) is 38.2. The molecular formula is C15H16ClN3O4. The van der Waals surface area contributed by atoms with Crippen LogP contribution in [0.1, 0.15) is 23.2 Å². The molecule has 7 nitrogen and oxygen atoms in total. The van der Waals surface area contributed by atoms with Crippen LogP contribution >= 0.6 is 11.6 Å². The van der Waals surface area contributed by atoms with E-state index in [1.807, 2.05) is 0 Å². The summed E-state index contributed by atoms with van der Waals surface area (Å²) < 4.78 is 0. The molecule has 122 valence electrons. The first-order valence-electron chi connectivity index (χ1n) is 7.35. The molecule has 1 aromatic carbocycles. The van der Waals surface area contributed by atoms with E-state index in [1.165, 1.54) is 9.80 Å². The minimum atomic E-state index is -1.04. The lowest BCUT2D eigenvalue weighted by Crippen LogP contribution is -2.37. The van der Waals surface area contributed by atoms with Crippen molar-refractivity contribution in [2.45, 2.75) is 18.9 Å². The zero-order valence-corrected chi connectivity index (χ0v) is 13.0. The first kappa shape index (κ1) is 15.6. The molecule has 1 aliphatic heterocycles. The normalized spacial score (nSPS) is 17.1. The SMILES string of the molecule is O=C(O)CN(C(=O)c1ccc(Cl)c(N2CCNC2=O)c1)C1CC1. The van der Waals surface area contributed by atoms with E-state index in [0.29, 0.717) is 29.4 Å². The van der Waals surface area contributed by atoms with E-state index in [4.69, 9.17) is 16.7 Å². The van der Waals surface area contributed by atoms with Gasteiger partial charge in [0.15, 0.2) is 0 Å². The number of nitrogens with zero attached hydrogens (tertiary/aromatic N) is 2. The van der Waals surface area contributed by atoms with Crippen LogP contribution in [0.15, 0.2) is 18.2 Å². The van der Waals surface area contributed by atoms with E-state index in [9.17, 15) is 14.4 Å². The second-order valence-corrected chi connectivity index (χ2v) is 6.01. The Morgan fingerprint density at radius 3 is 2.70 bits per heavy atom. The minimum Gasteiger partial charge on any atom is -0.480 e. The maximum Gasteiger partial charge on any atom is 0.323 e. The van der Waals surface area contributed by atoms with Gasteiger partial charge in [0.05, 0.1) is 10.7 Å². The number of nitrogens with one attached hydrogen (secondary N) is 1. The first-order valence-corrected chi connectivity index (χ1v) is 7.73. The Hall–Kier alpha value is -2.28. The molecule has 1 heterocycles. The van der Waals surface area contributed by atoms with Gasteiger partial charge in [-0.05, 0) is 31.0 Å². The third-order valence-electron chi connectivity index (χ3n) is 3.89. The molecule has 0 aromatic heterocycles. The number of benzene rings is 1. The van der Waals surface area contributed by atoms with Crippen LogP contribution < -0.4 is 10.2 Å². The fourth-order valence-corrected chi connectivity index (χ4v) is 2.84. The molecule has 23 heavy (non-hydrogen) atoms. The Balaban J connectivity index is 1.88. The number of amides is 3. The van der Waals surface area contributed by atoms with Crippen LogP contribution in [0.4, 0.5) is 10.5 Å². The van der Waals surface area contributed by atoms with Crippen LogP contribution in [0.5, 0.6) is 0 Å². The van der Waals surface area contributed by atoms with Crippen molar-refractivity contribution in [3.8, 4) is 0 Å². The van der Waals surface area contributed by atoms with Crippen LogP contribution in [-0.2, 0) is 4.79 Å². The molecule has 1 saturated carbocycles. The minimum absolute atomic E-state index is 0.0205. The summed E-state index contributed by atoms with van der Waals surface area (Å²) in [6, 6.07) is 4.38. The van der Waals surface area contributed by atoms with Gasteiger partial charge in [0.25, 0.3) is 5.91 Å². The number of halogens is 1. The first-order chi connectivity index (χ1) is 11.0. The number of aliphatic carboxylic acids is 1. The van der Waals surface area contributed by atoms with Gasteiger partial charge in [-0.3, -0.25) is 14.5 Å². The number of carboxylic acids is 1. The molecule has 1 aromatic rings. The maximum atomic E-state index is 12.6. The number of carboxylic acid groups (broad SMARTS) is 1. The summed E-state index contributed by atoms with van der Waals surface area (Å²) in [5.41, 5.74) is 0.788. The number of anilines is 1. The Labute approximate surface area is 137 Å². The molecule has 3 rings (SSSR count). The Morgan fingerprint density at radius 1 is 1.39 bits per heavy atom. The van der Waals surface area contributed by atoms with Gasteiger partial charge in [-0.15, -0.1) is 0 Å². The quantitative estimate of drug-likeness (QED) is 0.853. The Bertz CT molecular complexity index is 675. The van der Waals surface area contributed by atoms with Crippen molar-refractivity contribution in [3.63, 3.8) is 0 Å². The van der Waals surface area contributed by atoms with Gasteiger partial charge >= 0.3 is 12.0 Å². The number of rotatable bonds is 5. The van der Waals surface area contributed by atoms with E-state index >= 15 is 0 Å². The van der Waals surface area contributed by atoms with Crippen molar-refractivity contribution in [2.75, 3.05) is 24.5 Å². The molecule has 2 N–H and O–H groups in total. The second kappa shape index (κ2) is 6.08. The van der Waals surface area contributed by atoms with Gasteiger partial charge in [-0.1, -0.05) is 11.6 Å². The smallest absolute Gasteiger partial charge is 0.323 e. The number of urea groups is 1. The fourth-order valence-electron chi connectivity index (χ4n) is 2.62. The van der Waals surface area contributed by atoms with E-state index in [1.54, 1.807) is 18.2 Å². The van der Waals surface area contributed by atoms with Gasteiger partial charge < -0.3 is 15.3 Å². The van der Waals surface area contributed by atoms with E-state index in [2.05, 4.69) is 5.32 Å². The molecule has 0 unspecified atom stereocenters. The number of carbonyl (C=O) groups excluding carboxylic acids is 2. The van der Waals surface area contributed by atoms with Gasteiger partial charge in [0.2, 0.25) is 0 Å². The average Bonchev–Trinajstić information content (AvgIpc) is 3.26. The molecule has 1 saturated heterocycles. The summed E-state index contributed by atoms with van der Waals surface area (Å²) in [6.45, 7) is 0.657. The highest BCUT2D eigenvalue weighted by Gasteiger charge is 2.35. The monoisotopic (exact) mass is 337 g/mol. The lowest BCUT2D eigenvalue weighted by Gasteiger charge is -2.22. The van der Waals surface area contributed by atoms with E-state index < -0.39 is 5.97 Å².